The van der Waals surface area contributed by atoms with Gasteiger partial charge in [-0.3, -0.25) is 30.7 Å². The lowest BCUT2D eigenvalue weighted by atomic mass is 10.2. The van der Waals surface area contributed by atoms with Gasteiger partial charge in [0.25, 0.3) is 11.6 Å². The summed E-state index contributed by atoms with van der Waals surface area (Å²) in [7, 11) is 0. The molecule has 3 rings (SSSR count). The van der Waals surface area contributed by atoms with Crippen LogP contribution in [-0.4, -0.2) is 53.6 Å². The molecule has 0 atom stereocenters. The van der Waals surface area contributed by atoms with Crippen molar-refractivity contribution in [1.29, 1.82) is 0 Å². The van der Waals surface area contributed by atoms with Gasteiger partial charge >= 0.3 is 0 Å². The first-order valence-corrected chi connectivity index (χ1v) is 10.5. The number of nitrogens with one attached hydrogen (secondary N) is 3. The van der Waals surface area contributed by atoms with Gasteiger partial charge in [-0.1, -0.05) is 23.2 Å². The summed E-state index contributed by atoms with van der Waals surface area (Å²) < 4.78 is 0. The van der Waals surface area contributed by atoms with Gasteiger partial charge in [-0.25, -0.2) is 0 Å². The van der Waals surface area contributed by atoms with Gasteiger partial charge in [0.2, 0.25) is 0 Å². The Kier molecular flexibility index (Phi) is 7.85. The van der Waals surface area contributed by atoms with E-state index >= 15 is 0 Å². The van der Waals surface area contributed by atoms with Crippen molar-refractivity contribution in [2.75, 3.05) is 42.9 Å². The summed E-state index contributed by atoms with van der Waals surface area (Å²) in [4.78, 5) is 26.7. The minimum absolute atomic E-state index is 0.0669. The Morgan fingerprint density at radius 1 is 1.06 bits per heavy atom. The number of rotatable bonds is 5. The summed E-state index contributed by atoms with van der Waals surface area (Å²) in [5, 5.41) is 14.8. The van der Waals surface area contributed by atoms with E-state index in [0.29, 0.717) is 41.9 Å². The number of nitro groups is 1. The molecule has 31 heavy (non-hydrogen) atoms. The van der Waals surface area contributed by atoms with E-state index in [1.165, 1.54) is 12.1 Å². The number of amides is 1. The molecule has 0 aromatic heterocycles. The topological polar surface area (TPSA) is 103 Å². The smallest absolute Gasteiger partial charge is 0.269 e. The predicted molar refractivity (Wildman–Crippen MR) is 126 cm³/mol. The Morgan fingerprint density at radius 2 is 1.74 bits per heavy atom. The van der Waals surface area contributed by atoms with Gasteiger partial charge in [-0.05, 0) is 42.5 Å². The summed E-state index contributed by atoms with van der Waals surface area (Å²) in [6.45, 7) is 3.02. The van der Waals surface area contributed by atoms with Crippen LogP contribution in [0.5, 0.6) is 0 Å². The van der Waals surface area contributed by atoms with Crippen LogP contribution < -0.4 is 21.1 Å². The van der Waals surface area contributed by atoms with Crippen molar-refractivity contribution in [2.45, 2.75) is 0 Å². The Morgan fingerprint density at radius 3 is 2.35 bits per heavy atom. The molecule has 1 aliphatic rings. The predicted octanol–water partition coefficient (Wildman–Crippen LogP) is 3.04. The van der Waals surface area contributed by atoms with Gasteiger partial charge < -0.3 is 10.2 Å². The Labute approximate surface area is 194 Å². The zero-order valence-corrected chi connectivity index (χ0v) is 18.6. The number of carbonyl (C=O) groups is 1. The molecular formula is C19H20Cl2N6O3S. The van der Waals surface area contributed by atoms with Crippen molar-refractivity contribution in [3.63, 3.8) is 0 Å². The van der Waals surface area contributed by atoms with Gasteiger partial charge in [-0.2, -0.15) is 0 Å². The zero-order valence-electron chi connectivity index (χ0n) is 16.3. The van der Waals surface area contributed by atoms with Crippen molar-refractivity contribution in [1.82, 2.24) is 15.8 Å². The number of halogens is 2. The molecule has 2 aromatic rings. The van der Waals surface area contributed by atoms with Gasteiger partial charge in [0.1, 0.15) is 0 Å². The molecule has 12 heteroatoms. The number of thiocarbonyl (C=S) groups is 1. The van der Waals surface area contributed by atoms with E-state index in [9.17, 15) is 14.9 Å². The monoisotopic (exact) mass is 482 g/mol. The first-order chi connectivity index (χ1) is 14.8. The van der Waals surface area contributed by atoms with Crippen LogP contribution in [0, 0.1) is 10.1 Å². The Hall–Kier alpha value is -2.66. The average Bonchev–Trinajstić information content (AvgIpc) is 2.75. The maximum atomic E-state index is 12.2. The molecule has 9 nitrogen and oxygen atoms in total. The molecule has 2 aromatic carbocycles. The van der Waals surface area contributed by atoms with Crippen molar-refractivity contribution in [2.24, 2.45) is 0 Å². The van der Waals surface area contributed by atoms with Crippen molar-refractivity contribution in [3.8, 4) is 0 Å². The second-order valence-corrected chi connectivity index (χ2v) is 8.04. The summed E-state index contributed by atoms with van der Waals surface area (Å²) in [5.74, 6) is -0.227. The Balaban J connectivity index is 1.39. The highest BCUT2D eigenvalue weighted by atomic mass is 35.5. The number of nitrogens with zero attached hydrogens (tertiary/aromatic N) is 3. The fourth-order valence-corrected chi connectivity index (χ4v) is 3.68. The summed E-state index contributed by atoms with van der Waals surface area (Å²) in [6, 6.07) is 11.4. The molecule has 0 bridgehead atoms. The van der Waals surface area contributed by atoms with Crippen LogP contribution in [-0.2, 0) is 4.79 Å². The Bertz CT molecular complexity index is 968. The third kappa shape index (κ3) is 6.66. The summed E-state index contributed by atoms with van der Waals surface area (Å²) in [5.41, 5.74) is 6.77. The van der Waals surface area contributed by atoms with E-state index in [-0.39, 0.29) is 23.3 Å². The van der Waals surface area contributed by atoms with E-state index in [0.717, 1.165) is 5.69 Å². The molecule has 0 radical (unpaired) electrons. The zero-order chi connectivity index (χ0) is 22.4. The van der Waals surface area contributed by atoms with Crippen molar-refractivity contribution >= 4 is 63.5 Å². The minimum Gasteiger partial charge on any atom is -0.369 e. The standard InChI is InChI=1S/C19H20Cl2N6O3S/c20-13-1-6-17(16(21)11-13)22-19(31)24-23-18(28)12-25-7-9-26(10-8-25)14-2-4-15(5-3-14)27(29)30/h1-6,11H,7-10,12H2,(H,23,28)(H2,22,24,31). The molecule has 1 fully saturated rings. The second-order valence-electron chi connectivity index (χ2n) is 6.79. The molecule has 0 saturated carbocycles. The molecule has 164 valence electrons. The number of hydrazine groups is 1. The van der Waals surface area contributed by atoms with Crippen LogP contribution in [0.4, 0.5) is 17.1 Å². The third-order valence-corrected chi connectivity index (χ3v) is 5.41. The lowest BCUT2D eigenvalue weighted by Gasteiger charge is -2.35. The van der Waals surface area contributed by atoms with Crippen LogP contribution in [0.3, 0.4) is 0 Å². The quantitative estimate of drug-likeness (QED) is 0.339. The van der Waals surface area contributed by atoms with E-state index < -0.39 is 4.92 Å². The second kappa shape index (κ2) is 10.6. The van der Waals surface area contributed by atoms with Gasteiger partial charge in [0.15, 0.2) is 5.11 Å². The highest BCUT2D eigenvalue weighted by Gasteiger charge is 2.20. The number of nitro benzene ring substituents is 1. The third-order valence-electron chi connectivity index (χ3n) is 4.66. The molecular weight excluding hydrogens is 463 g/mol. The molecule has 1 heterocycles. The highest BCUT2D eigenvalue weighted by Crippen LogP contribution is 2.25. The van der Waals surface area contributed by atoms with Crippen LogP contribution >= 0.6 is 35.4 Å². The summed E-state index contributed by atoms with van der Waals surface area (Å²) in [6.07, 6.45) is 0. The largest absolute Gasteiger partial charge is 0.369 e. The molecule has 1 aliphatic heterocycles. The normalized spacial score (nSPS) is 14.1. The van der Waals surface area contributed by atoms with Gasteiger partial charge in [0, 0.05) is 49.0 Å². The first-order valence-electron chi connectivity index (χ1n) is 9.34. The van der Waals surface area contributed by atoms with Crippen LogP contribution in [0.1, 0.15) is 0 Å². The van der Waals surface area contributed by atoms with E-state index in [2.05, 4.69) is 21.1 Å². The molecule has 1 saturated heterocycles. The lowest BCUT2D eigenvalue weighted by molar-refractivity contribution is -0.384. The minimum atomic E-state index is -0.417. The molecule has 1 amide bonds. The van der Waals surface area contributed by atoms with Gasteiger partial charge in [0.05, 0.1) is 22.2 Å². The van der Waals surface area contributed by atoms with Crippen LogP contribution in [0.15, 0.2) is 42.5 Å². The number of anilines is 2. The number of carbonyl (C=O) groups excluding carboxylic acids is 1. The number of non-ortho nitro benzene ring substituents is 1. The maximum Gasteiger partial charge on any atom is 0.269 e. The molecule has 0 unspecified atom stereocenters. The molecule has 0 aliphatic carbocycles. The number of piperazine rings is 1. The van der Waals surface area contributed by atoms with E-state index in [1.807, 2.05) is 4.90 Å². The van der Waals surface area contributed by atoms with E-state index in [1.54, 1.807) is 30.3 Å². The highest BCUT2D eigenvalue weighted by molar-refractivity contribution is 7.80. The summed E-state index contributed by atoms with van der Waals surface area (Å²) >= 11 is 17.1. The van der Waals surface area contributed by atoms with Crippen molar-refractivity contribution in [3.05, 3.63) is 62.6 Å². The number of hydrogen-bond acceptors (Lipinski definition) is 6. The van der Waals surface area contributed by atoms with Crippen molar-refractivity contribution < 1.29 is 9.72 Å². The van der Waals surface area contributed by atoms with E-state index in [4.69, 9.17) is 35.4 Å². The number of benzene rings is 2. The fourth-order valence-electron chi connectivity index (χ4n) is 3.06. The first kappa shape index (κ1) is 23.0. The van der Waals surface area contributed by atoms with Crippen LogP contribution in [0.2, 0.25) is 10.0 Å². The van der Waals surface area contributed by atoms with Gasteiger partial charge in [-0.15, -0.1) is 0 Å². The van der Waals surface area contributed by atoms with Crippen LogP contribution in [0.25, 0.3) is 0 Å². The number of hydrogen-bond donors (Lipinski definition) is 3. The molecule has 3 N–H and O–H groups in total. The maximum absolute atomic E-state index is 12.2. The molecule has 0 spiro atoms. The SMILES string of the molecule is O=C(CN1CCN(c2ccc([N+](=O)[O-])cc2)CC1)NNC(=S)Nc1ccc(Cl)cc1Cl. The fraction of sp³-hybridized carbons (Fsp3) is 0.263. The average molecular weight is 483 g/mol. The lowest BCUT2D eigenvalue weighted by Crippen LogP contribution is -2.52.